The predicted octanol–water partition coefficient (Wildman–Crippen LogP) is 3.26. The van der Waals surface area contributed by atoms with Crippen molar-refractivity contribution in [1.29, 1.82) is 0 Å². The van der Waals surface area contributed by atoms with Crippen LogP contribution in [0.5, 0.6) is 0 Å². The van der Waals surface area contributed by atoms with Crippen LogP contribution in [0.1, 0.15) is 34.5 Å². The molecule has 3 heterocycles. The Morgan fingerprint density at radius 3 is 2.90 bits per heavy atom. The lowest BCUT2D eigenvalue weighted by molar-refractivity contribution is 0.0952. The monoisotopic (exact) mass is 404 g/mol. The third kappa shape index (κ3) is 3.51. The number of hydrogen-bond acceptors (Lipinski definition) is 6. The number of hydrogen-bond donors (Lipinski definition) is 1. The van der Waals surface area contributed by atoms with Crippen LogP contribution in [0.3, 0.4) is 0 Å². The second-order valence-corrected chi connectivity index (χ2v) is 7.67. The highest BCUT2D eigenvalue weighted by Crippen LogP contribution is 2.30. The molecule has 146 valence electrons. The van der Waals surface area contributed by atoms with Gasteiger partial charge in [-0.05, 0) is 56.0 Å². The number of carbonyl (C=O) groups is 1. The summed E-state index contributed by atoms with van der Waals surface area (Å²) in [7, 11) is 0. The molecule has 3 aromatic heterocycles. The molecule has 1 aliphatic carbocycles. The molecule has 0 fully saturated rings. The molecular formula is C21H20N6OS. The molecule has 0 aliphatic heterocycles. The van der Waals surface area contributed by atoms with Crippen LogP contribution in [0.2, 0.25) is 0 Å². The molecule has 1 aromatic carbocycles. The first-order valence-corrected chi connectivity index (χ1v) is 10.5. The Balaban J connectivity index is 1.31. The molecule has 0 saturated heterocycles. The van der Waals surface area contributed by atoms with Crippen LogP contribution in [0.25, 0.3) is 22.4 Å². The minimum absolute atomic E-state index is 0.106. The standard InChI is InChI=1S/C21H20N6OS/c28-21(14-8-9-16-18(13-14)26-29-25-16)23-11-12-27-19-7-2-1-5-15(19)20(24-27)17-6-3-4-10-22-17/h3-4,6,8-10,13H,1-2,5,7,11-12H2,(H,23,28). The van der Waals surface area contributed by atoms with Crippen LogP contribution in [0.15, 0.2) is 42.6 Å². The topological polar surface area (TPSA) is 85.6 Å². The molecule has 7 nitrogen and oxygen atoms in total. The van der Waals surface area contributed by atoms with E-state index in [9.17, 15) is 4.79 Å². The van der Waals surface area contributed by atoms with Crippen LogP contribution in [-0.4, -0.2) is 36.0 Å². The molecule has 0 unspecified atom stereocenters. The predicted molar refractivity (Wildman–Crippen MR) is 112 cm³/mol. The van der Waals surface area contributed by atoms with Crippen LogP contribution < -0.4 is 5.32 Å². The molecule has 5 rings (SSSR count). The van der Waals surface area contributed by atoms with E-state index in [0.29, 0.717) is 18.7 Å². The first-order chi connectivity index (χ1) is 14.3. The van der Waals surface area contributed by atoms with Gasteiger partial charge in [0.25, 0.3) is 5.91 Å². The average Bonchev–Trinajstić information content (AvgIpc) is 3.39. The second kappa shape index (κ2) is 7.71. The van der Waals surface area contributed by atoms with Gasteiger partial charge in [0.1, 0.15) is 16.7 Å². The summed E-state index contributed by atoms with van der Waals surface area (Å²) in [6.07, 6.45) is 6.22. The van der Waals surface area contributed by atoms with Gasteiger partial charge in [-0.3, -0.25) is 14.5 Å². The van der Waals surface area contributed by atoms with Gasteiger partial charge >= 0.3 is 0 Å². The maximum Gasteiger partial charge on any atom is 0.251 e. The van der Waals surface area contributed by atoms with Crippen LogP contribution >= 0.6 is 11.7 Å². The number of nitrogens with one attached hydrogen (secondary N) is 1. The highest BCUT2D eigenvalue weighted by molar-refractivity contribution is 7.00. The van der Waals surface area contributed by atoms with Gasteiger partial charge in [-0.1, -0.05) is 6.07 Å². The summed E-state index contributed by atoms with van der Waals surface area (Å²) in [6.45, 7) is 1.16. The maximum absolute atomic E-state index is 12.5. The zero-order valence-corrected chi connectivity index (χ0v) is 16.7. The first-order valence-electron chi connectivity index (χ1n) is 9.80. The van der Waals surface area contributed by atoms with Crippen molar-refractivity contribution in [3.8, 4) is 11.4 Å². The van der Waals surface area contributed by atoms with Crippen LogP contribution in [0, 0.1) is 0 Å². The molecule has 29 heavy (non-hydrogen) atoms. The molecule has 0 radical (unpaired) electrons. The first kappa shape index (κ1) is 17.9. The largest absolute Gasteiger partial charge is 0.350 e. The van der Waals surface area contributed by atoms with E-state index in [-0.39, 0.29) is 5.91 Å². The van der Waals surface area contributed by atoms with E-state index in [1.54, 1.807) is 18.3 Å². The number of amides is 1. The summed E-state index contributed by atoms with van der Waals surface area (Å²) in [4.78, 5) is 17.0. The Kier molecular flexibility index (Phi) is 4.77. The quantitative estimate of drug-likeness (QED) is 0.552. The summed E-state index contributed by atoms with van der Waals surface area (Å²) < 4.78 is 10.4. The zero-order chi connectivity index (χ0) is 19.6. The van der Waals surface area contributed by atoms with E-state index in [1.165, 1.54) is 24.1 Å². The molecule has 0 bridgehead atoms. The van der Waals surface area contributed by atoms with Crippen molar-refractivity contribution in [2.24, 2.45) is 0 Å². The van der Waals surface area contributed by atoms with Gasteiger partial charge in [-0.25, -0.2) is 0 Å². The number of pyridine rings is 1. The van der Waals surface area contributed by atoms with E-state index in [0.717, 1.165) is 47.0 Å². The van der Waals surface area contributed by atoms with Gasteiger partial charge in [0, 0.05) is 29.6 Å². The number of rotatable bonds is 5. The van der Waals surface area contributed by atoms with Gasteiger partial charge in [-0.2, -0.15) is 13.8 Å². The van der Waals surface area contributed by atoms with Crippen molar-refractivity contribution in [3.63, 3.8) is 0 Å². The number of nitrogens with zero attached hydrogens (tertiary/aromatic N) is 5. The van der Waals surface area contributed by atoms with E-state index in [4.69, 9.17) is 5.10 Å². The molecule has 8 heteroatoms. The third-order valence-electron chi connectivity index (χ3n) is 5.29. The molecular weight excluding hydrogens is 384 g/mol. The second-order valence-electron chi connectivity index (χ2n) is 7.14. The van der Waals surface area contributed by atoms with E-state index in [1.807, 2.05) is 28.9 Å². The minimum Gasteiger partial charge on any atom is -0.350 e. The summed E-state index contributed by atoms with van der Waals surface area (Å²) in [6, 6.07) is 11.3. The summed E-state index contributed by atoms with van der Waals surface area (Å²) in [5.41, 5.74) is 6.65. The van der Waals surface area contributed by atoms with Crippen molar-refractivity contribution < 1.29 is 4.79 Å². The maximum atomic E-state index is 12.5. The Bertz CT molecular complexity index is 1170. The zero-order valence-electron chi connectivity index (χ0n) is 15.8. The molecule has 1 aliphatic rings. The van der Waals surface area contributed by atoms with E-state index >= 15 is 0 Å². The average molecular weight is 404 g/mol. The van der Waals surface area contributed by atoms with Crippen LogP contribution in [-0.2, 0) is 19.4 Å². The fourth-order valence-corrected chi connectivity index (χ4v) is 4.38. The van der Waals surface area contributed by atoms with Gasteiger partial charge in [0.15, 0.2) is 0 Å². The Morgan fingerprint density at radius 2 is 2.00 bits per heavy atom. The van der Waals surface area contributed by atoms with Crippen molar-refractivity contribution in [3.05, 3.63) is 59.4 Å². The molecule has 4 aromatic rings. The Hall–Kier alpha value is -3.13. The third-order valence-corrected chi connectivity index (χ3v) is 5.85. The number of aromatic nitrogens is 5. The van der Waals surface area contributed by atoms with Crippen molar-refractivity contribution in [2.45, 2.75) is 32.2 Å². The lowest BCUT2D eigenvalue weighted by Gasteiger charge is -2.14. The Morgan fingerprint density at radius 1 is 1.10 bits per heavy atom. The van der Waals surface area contributed by atoms with E-state index in [2.05, 4.69) is 19.0 Å². The van der Waals surface area contributed by atoms with Crippen LogP contribution in [0.4, 0.5) is 0 Å². The van der Waals surface area contributed by atoms with Gasteiger partial charge in [-0.15, -0.1) is 0 Å². The normalized spacial score (nSPS) is 13.4. The highest BCUT2D eigenvalue weighted by atomic mass is 32.1. The highest BCUT2D eigenvalue weighted by Gasteiger charge is 2.22. The number of carbonyl (C=O) groups excluding carboxylic acids is 1. The molecule has 1 amide bonds. The SMILES string of the molecule is O=C(NCCn1nc(-c2ccccn2)c2c1CCCC2)c1ccc2nsnc2c1. The summed E-state index contributed by atoms with van der Waals surface area (Å²) >= 11 is 1.15. The lowest BCUT2D eigenvalue weighted by Crippen LogP contribution is -2.28. The van der Waals surface area contributed by atoms with Crippen molar-refractivity contribution in [2.75, 3.05) is 6.54 Å². The fourth-order valence-electron chi connectivity index (χ4n) is 3.87. The fraction of sp³-hybridized carbons (Fsp3) is 0.286. The van der Waals surface area contributed by atoms with Crippen molar-refractivity contribution in [1.82, 2.24) is 28.8 Å². The summed E-state index contributed by atoms with van der Waals surface area (Å²) in [5, 5.41) is 7.85. The molecule has 0 saturated carbocycles. The van der Waals surface area contributed by atoms with Gasteiger partial charge < -0.3 is 5.32 Å². The Labute approximate surface area is 172 Å². The molecule has 0 spiro atoms. The van der Waals surface area contributed by atoms with Crippen molar-refractivity contribution >= 4 is 28.7 Å². The minimum atomic E-state index is -0.106. The molecule has 1 N–H and O–H groups in total. The molecule has 0 atom stereocenters. The summed E-state index contributed by atoms with van der Waals surface area (Å²) in [5.74, 6) is -0.106. The smallest absolute Gasteiger partial charge is 0.251 e. The van der Waals surface area contributed by atoms with E-state index < -0.39 is 0 Å². The van der Waals surface area contributed by atoms with Gasteiger partial charge in [0.2, 0.25) is 0 Å². The number of fused-ring (bicyclic) bond motifs is 2. The lowest BCUT2D eigenvalue weighted by atomic mass is 9.95. The van der Waals surface area contributed by atoms with Gasteiger partial charge in [0.05, 0.1) is 24.0 Å². The number of benzene rings is 1.